The number of rotatable bonds is 7. The Balaban J connectivity index is 0.00000280. The first-order valence-corrected chi connectivity index (χ1v) is 9.42. The molecule has 0 fully saturated rings. The first-order valence-electron chi connectivity index (χ1n) is 9.42. The van der Waals surface area contributed by atoms with Crippen molar-refractivity contribution in [2.45, 2.75) is 33.7 Å². The van der Waals surface area contributed by atoms with Gasteiger partial charge in [-0.05, 0) is 36.5 Å². The Kier molecular flexibility index (Phi) is 8.22. The maximum Gasteiger partial charge on any atom is 0.191 e. The van der Waals surface area contributed by atoms with Crippen LogP contribution in [0, 0.1) is 5.41 Å². The van der Waals surface area contributed by atoms with E-state index in [-0.39, 0.29) is 29.4 Å². The van der Waals surface area contributed by atoms with E-state index < -0.39 is 0 Å². The number of hydrogen-bond donors (Lipinski definition) is 2. The minimum atomic E-state index is 0. The first kappa shape index (κ1) is 22.1. The lowest BCUT2D eigenvalue weighted by Crippen LogP contribution is -2.42. The summed E-state index contributed by atoms with van der Waals surface area (Å²) in [4.78, 5) is 4.69. The van der Waals surface area contributed by atoms with Gasteiger partial charge in [0, 0.05) is 19.3 Å². The molecule has 0 bridgehead atoms. The molecule has 0 spiro atoms. The molecule has 150 valence electrons. The molecule has 0 radical (unpaired) electrons. The Morgan fingerprint density at radius 3 is 2.54 bits per heavy atom. The molecular weight excluding hydrogens is 463 g/mol. The van der Waals surface area contributed by atoms with Crippen molar-refractivity contribution >= 4 is 35.6 Å². The van der Waals surface area contributed by atoms with Gasteiger partial charge in [0.1, 0.15) is 6.54 Å². The van der Waals surface area contributed by atoms with E-state index in [4.69, 9.17) is 0 Å². The summed E-state index contributed by atoms with van der Waals surface area (Å²) in [6.07, 6.45) is 2.97. The standard InChI is InChI=1S/C21H28N6.HI/c1-4-22-20(23-15-19-26-25-18-12-8-9-13-27(18)19)24-16-21(2,3)14-17-10-6-5-7-11-17;/h5-13H,4,14-16H2,1-3H3,(H2,22,23,24);1H. The molecule has 3 aromatic rings. The molecule has 2 N–H and O–H groups in total. The van der Waals surface area contributed by atoms with Gasteiger partial charge >= 0.3 is 0 Å². The summed E-state index contributed by atoms with van der Waals surface area (Å²) >= 11 is 0. The van der Waals surface area contributed by atoms with Gasteiger partial charge in [-0.1, -0.05) is 50.2 Å². The van der Waals surface area contributed by atoms with E-state index in [1.165, 1.54) is 5.56 Å². The van der Waals surface area contributed by atoms with Gasteiger partial charge in [-0.2, -0.15) is 0 Å². The van der Waals surface area contributed by atoms with Crippen molar-refractivity contribution in [3.63, 3.8) is 0 Å². The molecule has 0 saturated carbocycles. The number of aromatic nitrogens is 3. The third-order valence-corrected chi connectivity index (χ3v) is 4.37. The SMILES string of the molecule is CCNC(=NCc1nnc2ccccn12)NCC(C)(C)Cc1ccccc1.I. The maximum absolute atomic E-state index is 4.69. The highest BCUT2D eigenvalue weighted by Gasteiger charge is 2.19. The molecule has 7 heteroatoms. The third kappa shape index (κ3) is 6.19. The fraction of sp³-hybridized carbons (Fsp3) is 0.381. The average Bonchev–Trinajstić information content (AvgIpc) is 3.08. The molecule has 2 aromatic heterocycles. The van der Waals surface area contributed by atoms with Crippen LogP contribution in [0.5, 0.6) is 0 Å². The molecule has 0 unspecified atom stereocenters. The largest absolute Gasteiger partial charge is 0.357 e. The van der Waals surface area contributed by atoms with Crippen LogP contribution in [0.2, 0.25) is 0 Å². The van der Waals surface area contributed by atoms with E-state index in [9.17, 15) is 0 Å². The maximum atomic E-state index is 4.69. The molecule has 0 aliphatic heterocycles. The average molecular weight is 492 g/mol. The Bertz CT molecular complexity index is 888. The monoisotopic (exact) mass is 492 g/mol. The smallest absolute Gasteiger partial charge is 0.191 e. The lowest BCUT2D eigenvalue weighted by molar-refractivity contribution is 0.359. The van der Waals surface area contributed by atoms with Gasteiger partial charge in [-0.15, -0.1) is 34.2 Å². The molecule has 0 saturated heterocycles. The molecule has 3 rings (SSSR count). The normalized spacial score (nSPS) is 11.9. The van der Waals surface area contributed by atoms with E-state index in [1.807, 2.05) is 28.8 Å². The Hall–Kier alpha value is -2.16. The van der Waals surface area contributed by atoms with Gasteiger partial charge in [-0.25, -0.2) is 4.99 Å². The minimum absolute atomic E-state index is 0. The van der Waals surface area contributed by atoms with Gasteiger partial charge in [-0.3, -0.25) is 4.40 Å². The van der Waals surface area contributed by atoms with Crippen molar-refractivity contribution in [1.82, 2.24) is 25.2 Å². The van der Waals surface area contributed by atoms with Crippen molar-refractivity contribution in [3.8, 4) is 0 Å². The summed E-state index contributed by atoms with van der Waals surface area (Å²) in [5.41, 5.74) is 2.30. The fourth-order valence-electron chi connectivity index (χ4n) is 3.02. The molecule has 0 amide bonds. The number of guanidine groups is 1. The lowest BCUT2D eigenvalue weighted by atomic mass is 9.86. The van der Waals surface area contributed by atoms with Crippen molar-refractivity contribution in [1.29, 1.82) is 0 Å². The van der Waals surface area contributed by atoms with Crippen LogP contribution in [-0.4, -0.2) is 33.6 Å². The van der Waals surface area contributed by atoms with Crippen molar-refractivity contribution < 1.29 is 0 Å². The van der Waals surface area contributed by atoms with Crippen LogP contribution in [0.25, 0.3) is 5.65 Å². The zero-order valence-electron chi connectivity index (χ0n) is 16.7. The number of benzene rings is 1. The fourth-order valence-corrected chi connectivity index (χ4v) is 3.02. The summed E-state index contributed by atoms with van der Waals surface area (Å²) in [5, 5.41) is 15.2. The van der Waals surface area contributed by atoms with Crippen LogP contribution in [-0.2, 0) is 13.0 Å². The van der Waals surface area contributed by atoms with Gasteiger partial charge in [0.05, 0.1) is 0 Å². The van der Waals surface area contributed by atoms with E-state index in [2.05, 4.69) is 76.9 Å². The zero-order chi connectivity index (χ0) is 19.1. The summed E-state index contributed by atoms with van der Waals surface area (Å²) in [6, 6.07) is 16.5. The van der Waals surface area contributed by atoms with E-state index in [1.54, 1.807) is 0 Å². The molecule has 0 aliphatic rings. The highest BCUT2D eigenvalue weighted by Crippen LogP contribution is 2.20. The number of nitrogens with zero attached hydrogens (tertiary/aromatic N) is 4. The summed E-state index contributed by atoms with van der Waals surface area (Å²) < 4.78 is 1.96. The quantitative estimate of drug-likeness (QED) is 0.300. The first-order chi connectivity index (χ1) is 13.1. The van der Waals surface area contributed by atoms with Crippen molar-refractivity contribution in [2.75, 3.05) is 13.1 Å². The van der Waals surface area contributed by atoms with E-state index in [0.29, 0.717) is 6.54 Å². The second kappa shape index (κ2) is 10.4. The van der Waals surface area contributed by atoms with Crippen LogP contribution in [0.15, 0.2) is 59.7 Å². The van der Waals surface area contributed by atoms with Gasteiger partial charge < -0.3 is 10.6 Å². The van der Waals surface area contributed by atoms with Crippen LogP contribution >= 0.6 is 24.0 Å². The number of nitrogens with one attached hydrogen (secondary N) is 2. The second-order valence-corrected chi connectivity index (χ2v) is 7.42. The Morgan fingerprint density at radius 1 is 1.04 bits per heavy atom. The molecule has 28 heavy (non-hydrogen) atoms. The van der Waals surface area contributed by atoms with Crippen LogP contribution in [0.3, 0.4) is 0 Å². The zero-order valence-corrected chi connectivity index (χ0v) is 19.1. The summed E-state index contributed by atoms with van der Waals surface area (Å²) in [5.74, 6) is 1.62. The highest BCUT2D eigenvalue weighted by atomic mass is 127. The Labute approximate surface area is 183 Å². The van der Waals surface area contributed by atoms with Crippen molar-refractivity contribution in [3.05, 3.63) is 66.1 Å². The topological polar surface area (TPSA) is 66.6 Å². The second-order valence-electron chi connectivity index (χ2n) is 7.42. The molecule has 2 heterocycles. The summed E-state index contributed by atoms with van der Waals surface area (Å²) in [6.45, 7) is 8.71. The molecule has 6 nitrogen and oxygen atoms in total. The molecule has 0 atom stereocenters. The number of pyridine rings is 1. The number of hydrogen-bond acceptors (Lipinski definition) is 3. The van der Waals surface area contributed by atoms with Gasteiger partial charge in [0.2, 0.25) is 0 Å². The predicted molar refractivity (Wildman–Crippen MR) is 125 cm³/mol. The van der Waals surface area contributed by atoms with Gasteiger partial charge in [0.15, 0.2) is 17.4 Å². The molecule has 0 aliphatic carbocycles. The molecular formula is C21H29IN6. The Morgan fingerprint density at radius 2 is 1.79 bits per heavy atom. The number of aliphatic imine (C=N–C) groups is 1. The molecule has 1 aromatic carbocycles. The third-order valence-electron chi connectivity index (χ3n) is 4.37. The highest BCUT2D eigenvalue weighted by molar-refractivity contribution is 14.0. The van der Waals surface area contributed by atoms with Crippen LogP contribution < -0.4 is 10.6 Å². The number of fused-ring (bicyclic) bond motifs is 1. The van der Waals surface area contributed by atoms with Gasteiger partial charge in [0.25, 0.3) is 0 Å². The van der Waals surface area contributed by atoms with Crippen LogP contribution in [0.1, 0.15) is 32.2 Å². The van der Waals surface area contributed by atoms with Crippen molar-refractivity contribution in [2.24, 2.45) is 10.4 Å². The predicted octanol–water partition coefficient (Wildman–Crippen LogP) is 3.67. The lowest BCUT2D eigenvalue weighted by Gasteiger charge is -2.26. The van der Waals surface area contributed by atoms with Crippen LogP contribution in [0.4, 0.5) is 0 Å². The van der Waals surface area contributed by atoms with E-state index in [0.717, 1.165) is 36.9 Å². The summed E-state index contributed by atoms with van der Waals surface area (Å²) in [7, 11) is 0. The minimum Gasteiger partial charge on any atom is -0.357 e. The van der Waals surface area contributed by atoms with E-state index >= 15 is 0 Å². The number of halogens is 1.